The highest BCUT2D eigenvalue weighted by Crippen LogP contribution is 2.44. The summed E-state index contributed by atoms with van der Waals surface area (Å²) in [4.78, 5) is 0. The quantitative estimate of drug-likeness (QED) is 0.458. The van der Waals surface area contributed by atoms with Crippen molar-refractivity contribution < 1.29 is 0 Å². The molecule has 0 spiro atoms. The van der Waals surface area contributed by atoms with Crippen LogP contribution in [0.25, 0.3) is 0 Å². The third kappa shape index (κ3) is 2.58. The molecular weight excluding hydrogens is 127 g/mol. The first-order chi connectivity index (χ1) is 4.21. The standard InChI is InChI=1S/C8H17P/c1-9(2)7-5-3-4-6-8-9/h1,3-8H2,2H3. The Kier molecular flexibility index (Phi) is 2.41. The second-order valence-corrected chi connectivity index (χ2v) is 7.61. The van der Waals surface area contributed by atoms with Crippen molar-refractivity contribution in [3.05, 3.63) is 0 Å². The van der Waals surface area contributed by atoms with Gasteiger partial charge in [0, 0.05) is 0 Å². The largest absolute Gasteiger partial charge is 0.115 e. The molecule has 0 nitrogen and oxygen atoms in total. The minimum absolute atomic E-state index is 0.630. The second-order valence-electron chi connectivity index (χ2n) is 3.48. The van der Waals surface area contributed by atoms with Gasteiger partial charge >= 0.3 is 0 Å². The molecule has 1 rings (SSSR count). The van der Waals surface area contributed by atoms with Gasteiger partial charge < -0.3 is 0 Å². The van der Waals surface area contributed by atoms with Crippen LogP contribution in [-0.4, -0.2) is 25.3 Å². The van der Waals surface area contributed by atoms with E-state index in [4.69, 9.17) is 0 Å². The van der Waals surface area contributed by atoms with E-state index in [1.54, 1.807) is 0 Å². The lowest BCUT2D eigenvalue weighted by molar-refractivity contribution is 0.726. The molecule has 0 amide bonds. The molecule has 0 radical (unpaired) electrons. The van der Waals surface area contributed by atoms with Crippen LogP contribution in [0.3, 0.4) is 0 Å². The average Bonchev–Trinajstić information content (AvgIpc) is 1.92. The van der Waals surface area contributed by atoms with Crippen molar-refractivity contribution in [3.63, 3.8) is 0 Å². The van der Waals surface area contributed by atoms with E-state index >= 15 is 0 Å². The maximum atomic E-state index is 4.30. The predicted molar refractivity (Wildman–Crippen MR) is 48.2 cm³/mol. The fourth-order valence-corrected chi connectivity index (χ4v) is 3.65. The summed E-state index contributed by atoms with van der Waals surface area (Å²) in [6, 6.07) is 0. The summed E-state index contributed by atoms with van der Waals surface area (Å²) in [7, 11) is 0. The van der Waals surface area contributed by atoms with E-state index in [1.807, 2.05) is 0 Å². The molecule has 54 valence electrons. The highest BCUT2D eigenvalue weighted by molar-refractivity contribution is 7.73. The van der Waals surface area contributed by atoms with Crippen molar-refractivity contribution in [3.8, 4) is 0 Å². The smallest absolute Gasteiger partial charge is 0.0335 e. The maximum Gasteiger partial charge on any atom is -0.0335 e. The van der Waals surface area contributed by atoms with Gasteiger partial charge in [0.2, 0.25) is 0 Å². The fourth-order valence-electron chi connectivity index (χ4n) is 1.45. The summed E-state index contributed by atoms with van der Waals surface area (Å²) in [6.07, 6.45) is 13.0. The van der Waals surface area contributed by atoms with Crippen LogP contribution in [0.2, 0.25) is 0 Å². The van der Waals surface area contributed by atoms with Crippen molar-refractivity contribution in [2.24, 2.45) is 0 Å². The van der Waals surface area contributed by atoms with E-state index in [2.05, 4.69) is 13.0 Å². The lowest BCUT2D eigenvalue weighted by Gasteiger charge is -2.14. The Balaban J connectivity index is 2.45. The Morgan fingerprint density at radius 1 is 1.00 bits per heavy atom. The van der Waals surface area contributed by atoms with Crippen LogP contribution < -0.4 is 0 Å². The molecule has 1 saturated heterocycles. The molecule has 0 aromatic rings. The molecule has 1 aliphatic heterocycles. The van der Waals surface area contributed by atoms with Gasteiger partial charge in [-0.1, -0.05) is 12.8 Å². The van der Waals surface area contributed by atoms with E-state index in [-0.39, 0.29) is 0 Å². The molecule has 1 aliphatic rings. The molecule has 9 heavy (non-hydrogen) atoms. The molecule has 1 heterocycles. The normalized spacial score (nSPS) is 27.2. The average molecular weight is 144 g/mol. The molecule has 0 saturated carbocycles. The first-order valence-electron chi connectivity index (χ1n) is 3.90. The van der Waals surface area contributed by atoms with Gasteiger partial charge in [-0.3, -0.25) is 0 Å². The van der Waals surface area contributed by atoms with Crippen LogP contribution in [0.1, 0.15) is 25.7 Å². The van der Waals surface area contributed by atoms with Gasteiger partial charge in [-0.25, -0.2) is 0 Å². The Morgan fingerprint density at radius 2 is 1.44 bits per heavy atom. The Bertz CT molecular complexity index is 115. The molecule has 0 N–H and O–H groups in total. The highest BCUT2D eigenvalue weighted by Gasteiger charge is 2.09. The van der Waals surface area contributed by atoms with E-state index < -0.39 is 6.89 Å². The van der Waals surface area contributed by atoms with Crippen LogP contribution in [-0.2, 0) is 0 Å². The molecule has 0 unspecified atom stereocenters. The van der Waals surface area contributed by atoms with Crippen molar-refractivity contribution >= 4 is 13.2 Å². The molecule has 0 bridgehead atoms. The predicted octanol–water partition coefficient (Wildman–Crippen LogP) is 2.64. The van der Waals surface area contributed by atoms with Crippen molar-refractivity contribution in [1.29, 1.82) is 0 Å². The van der Waals surface area contributed by atoms with Gasteiger partial charge in [-0.05, 0) is 31.8 Å². The Labute approximate surface area is 58.6 Å². The van der Waals surface area contributed by atoms with Crippen LogP contribution in [0.15, 0.2) is 0 Å². The van der Waals surface area contributed by atoms with E-state index in [0.717, 1.165) is 0 Å². The van der Waals surface area contributed by atoms with Gasteiger partial charge in [-0.15, -0.1) is 13.2 Å². The molecule has 0 aromatic carbocycles. The summed E-state index contributed by atoms with van der Waals surface area (Å²) >= 11 is 0. The molecular formula is C8H17P. The molecule has 0 aromatic heterocycles. The first-order valence-corrected chi connectivity index (χ1v) is 6.69. The van der Waals surface area contributed by atoms with E-state index in [0.29, 0.717) is 0 Å². The third-order valence-corrected chi connectivity index (χ3v) is 4.94. The third-order valence-electron chi connectivity index (χ3n) is 2.15. The molecule has 0 aliphatic carbocycles. The van der Waals surface area contributed by atoms with Crippen LogP contribution in [0.4, 0.5) is 0 Å². The van der Waals surface area contributed by atoms with Crippen molar-refractivity contribution in [2.45, 2.75) is 25.7 Å². The fraction of sp³-hybridized carbons (Fsp3) is 0.875. The van der Waals surface area contributed by atoms with E-state index in [1.165, 1.54) is 38.0 Å². The van der Waals surface area contributed by atoms with Gasteiger partial charge in [0.1, 0.15) is 0 Å². The lowest BCUT2D eigenvalue weighted by atomic mass is 10.2. The summed E-state index contributed by atoms with van der Waals surface area (Å²) in [6.45, 7) is 1.77. The van der Waals surface area contributed by atoms with Crippen LogP contribution in [0.5, 0.6) is 0 Å². The highest BCUT2D eigenvalue weighted by atomic mass is 31.2. The van der Waals surface area contributed by atoms with Crippen LogP contribution >= 0.6 is 6.89 Å². The Morgan fingerprint density at radius 3 is 1.89 bits per heavy atom. The maximum absolute atomic E-state index is 4.30. The zero-order valence-corrected chi connectivity index (χ0v) is 7.29. The first kappa shape index (κ1) is 7.41. The second kappa shape index (κ2) is 2.92. The lowest BCUT2D eigenvalue weighted by Crippen LogP contribution is -1.88. The zero-order chi connectivity index (χ0) is 6.74. The molecule has 1 fully saturated rings. The SMILES string of the molecule is C=P1(C)CCCCCC1. The van der Waals surface area contributed by atoms with Gasteiger partial charge in [0.15, 0.2) is 0 Å². The summed E-state index contributed by atoms with van der Waals surface area (Å²) in [5.74, 6) is 0. The Hall–Kier alpha value is 0.300. The van der Waals surface area contributed by atoms with Gasteiger partial charge in [0.25, 0.3) is 0 Å². The number of hydrogen-bond donors (Lipinski definition) is 0. The minimum atomic E-state index is -0.630. The van der Waals surface area contributed by atoms with Crippen molar-refractivity contribution in [1.82, 2.24) is 0 Å². The van der Waals surface area contributed by atoms with Crippen LogP contribution in [0, 0.1) is 0 Å². The minimum Gasteiger partial charge on any atom is -0.115 e. The number of hydrogen-bond acceptors (Lipinski definition) is 0. The summed E-state index contributed by atoms with van der Waals surface area (Å²) < 4.78 is 0. The van der Waals surface area contributed by atoms with E-state index in [9.17, 15) is 0 Å². The number of rotatable bonds is 0. The molecule has 0 atom stereocenters. The van der Waals surface area contributed by atoms with Crippen molar-refractivity contribution in [2.75, 3.05) is 19.0 Å². The topological polar surface area (TPSA) is 0 Å². The van der Waals surface area contributed by atoms with Gasteiger partial charge in [0.05, 0.1) is 0 Å². The molecule has 1 heteroatoms. The summed E-state index contributed by atoms with van der Waals surface area (Å²) in [5.41, 5.74) is 0. The summed E-state index contributed by atoms with van der Waals surface area (Å²) in [5, 5.41) is 0. The monoisotopic (exact) mass is 144 g/mol. The van der Waals surface area contributed by atoms with Gasteiger partial charge in [-0.2, -0.15) is 0 Å². The zero-order valence-electron chi connectivity index (χ0n) is 6.40.